The predicted molar refractivity (Wildman–Crippen MR) is 86.5 cm³/mol. The van der Waals surface area contributed by atoms with Gasteiger partial charge >= 0.3 is 0 Å². The number of phenolic OH excluding ortho intramolecular Hbond substituents is 1. The first-order chi connectivity index (χ1) is 10.2. The molecule has 110 valence electrons. The molecule has 1 aliphatic rings. The summed E-state index contributed by atoms with van der Waals surface area (Å²) < 4.78 is 0. The van der Waals surface area contributed by atoms with E-state index in [2.05, 4.69) is 48.6 Å². The van der Waals surface area contributed by atoms with E-state index in [0.717, 1.165) is 25.7 Å². The highest BCUT2D eigenvalue weighted by atomic mass is 16.3. The van der Waals surface area contributed by atoms with E-state index in [4.69, 9.17) is 0 Å². The number of hydrogen-bond donors (Lipinski definition) is 2. The van der Waals surface area contributed by atoms with Crippen LogP contribution < -0.4 is 5.32 Å². The van der Waals surface area contributed by atoms with E-state index in [9.17, 15) is 5.11 Å². The van der Waals surface area contributed by atoms with Gasteiger partial charge in [0.05, 0.1) is 0 Å². The molecule has 1 aliphatic carbocycles. The lowest BCUT2D eigenvalue weighted by atomic mass is 10.0. The number of aryl methyl sites for hydroxylation is 2. The molecule has 0 heterocycles. The summed E-state index contributed by atoms with van der Waals surface area (Å²) in [5, 5.41) is 13.3. The highest BCUT2D eigenvalue weighted by molar-refractivity contribution is 5.40. The topological polar surface area (TPSA) is 32.3 Å². The van der Waals surface area contributed by atoms with Crippen LogP contribution in [0.4, 0.5) is 0 Å². The smallest absolute Gasteiger partial charge is 0.115 e. The Kier molecular flexibility index (Phi) is 4.26. The molecular weight excluding hydrogens is 258 g/mol. The summed E-state index contributed by atoms with van der Waals surface area (Å²) in [5.41, 5.74) is 4.06. The molecule has 2 heteroatoms. The summed E-state index contributed by atoms with van der Waals surface area (Å²) in [6.07, 6.45) is 4.46. The fourth-order valence-electron chi connectivity index (χ4n) is 3.23. The highest BCUT2D eigenvalue weighted by Gasteiger charge is 2.23. The zero-order chi connectivity index (χ0) is 14.7. The third kappa shape index (κ3) is 3.45. The number of hydrogen-bond acceptors (Lipinski definition) is 2. The molecule has 0 saturated heterocycles. The van der Waals surface area contributed by atoms with E-state index < -0.39 is 0 Å². The van der Waals surface area contributed by atoms with Crippen LogP contribution in [0.25, 0.3) is 0 Å². The van der Waals surface area contributed by atoms with E-state index >= 15 is 0 Å². The number of rotatable bonds is 5. The van der Waals surface area contributed by atoms with Gasteiger partial charge < -0.3 is 10.4 Å². The maximum Gasteiger partial charge on any atom is 0.115 e. The van der Waals surface area contributed by atoms with Gasteiger partial charge in [0.2, 0.25) is 0 Å². The van der Waals surface area contributed by atoms with Gasteiger partial charge in [0.1, 0.15) is 5.75 Å². The second kappa shape index (κ2) is 6.31. The standard InChI is InChI=1S/C19H23NO/c1-14(7-8-15-5-3-2-4-6-15)20-19-12-9-16-13-17(21)10-11-18(16)19/h2-6,10-11,13-14,19-21H,7-9,12H2,1H3. The van der Waals surface area contributed by atoms with Gasteiger partial charge in [0.25, 0.3) is 0 Å². The van der Waals surface area contributed by atoms with Gasteiger partial charge in [-0.1, -0.05) is 36.4 Å². The van der Waals surface area contributed by atoms with Gasteiger partial charge in [-0.2, -0.15) is 0 Å². The molecule has 0 saturated carbocycles. The van der Waals surface area contributed by atoms with Crippen LogP contribution in [0.15, 0.2) is 48.5 Å². The van der Waals surface area contributed by atoms with E-state index in [-0.39, 0.29) is 0 Å². The monoisotopic (exact) mass is 281 g/mol. The van der Waals surface area contributed by atoms with E-state index in [1.165, 1.54) is 16.7 Å². The van der Waals surface area contributed by atoms with E-state index in [0.29, 0.717) is 17.8 Å². The second-order valence-corrected chi connectivity index (χ2v) is 6.07. The Labute approximate surface area is 126 Å². The lowest BCUT2D eigenvalue weighted by molar-refractivity contribution is 0.434. The third-order valence-corrected chi connectivity index (χ3v) is 4.40. The normalized spacial score (nSPS) is 18.4. The minimum absolute atomic E-state index is 0.381. The Balaban J connectivity index is 1.56. The molecule has 0 spiro atoms. The summed E-state index contributed by atoms with van der Waals surface area (Å²) in [6.45, 7) is 2.27. The molecule has 0 aromatic heterocycles. The van der Waals surface area contributed by atoms with Crippen LogP contribution in [0.5, 0.6) is 5.75 Å². The number of fused-ring (bicyclic) bond motifs is 1. The van der Waals surface area contributed by atoms with Gasteiger partial charge in [0.15, 0.2) is 0 Å². The molecule has 2 nitrogen and oxygen atoms in total. The van der Waals surface area contributed by atoms with E-state index in [1.807, 2.05) is 6.07 Å². The molecule has 0 radical (unpaired) electrons. The first kappa shape index (κ1) is 14.2. The molecule has 3 rings (SSSR count). The molecule has 2 aromatic rings. The Morgan fingerprint density at radius 2 is 2.00 bits per heavy atom. The van der Waals surface area contributed by atoms with Crippen LogP contribution >= 0.6 is 0 Å². The third-order valence-electron chi connectivity index (χ3n) is 4.40. The summed E-state index contributed by atoms with van der Waals surface area (Å²) in [5.74, 6) is 0.381. The zero-order valence-corrected chi connectivity index (χ0v) is 12.5. The van der Waals surface area contributed by atoms with Crippen molar-refractivity contribution in [3.8, 4) is 5.75 Å². The molecule has 21 heavy (non-hydrogen) atoms. The van der Waals surface area contributed by atoms with Crippen molar-refractivity contribution in [1.29, 1.82) is 0 Å². The average molecular weight is 281 g/mol. The van der Waals surface area contributed by atoms with Crippen LogP contribution in [0.2, 0.25) is 0 Å². The Hall–Kier alpha value is -1.80. The lowest BCUT2D eigenvalue weighted by Gasteiger charge is -2.20. The SMILES string of the molecule is CC(CCc1ccccc1)NC1CCc2cc(O)ccc21. The maximum absolute atomic E-state index is 9.55. The fraction of sp³-hybridized carbons (Fsp3) is 0.368. The van der Waals surface area contributed by atoms with Crippen LogP contribution in [-0.2, 0) is 12.8 Å². The highest BCUT2D eigenvalue weighted by Crippen LogP contribution is 2.33. The fourth-order valence-corrected chi connectivity index (χ4v) is 3.23. The zero-order valence-electron chi connectivity index (χ0n) is 12.5. The van der Waals surface area contributed by atoms with Gasteiger partial charge in [-0.05, 0) is 61.4 Å². The lowest BCUT2D eigenvalue weighted by Crippen LogP contribution is -2.29. The molecule has 2 atom stereocenters. The molecular formula is C19H23NO. The first-order valence-corrected chi connectivity index (χ1v) is 7.84. The van der Waals surface area contributed by atoms with E-state index in [1.54, 1.807) is 6.07 Å². The number of aromatic hydroxyl groups is 1. The predicted octanol–water partition coefficient (Wildman–Crippen LogP) is 3.99. The Morgan fingerprint density at radius 1 is 1.19 bits per heavy atom. The molecule has 0 bridgehead atoms. The molecule has 2 unspecified atom stereocenters. The molecule has 2 aromatic carbocycles. The first-order valence-electron chi connectivity index (χ1n) is 7.84. The number of benzene rings is 2. The summed E-state index contributed by atoms with van der Waals surface area (Å²) >= 11 is 0. The number of nitrogens with one attached hydrogen (secondary N) is 1. The van der Waals surface area contributed by atoms with Crippen LogP contribution in [0.1, 0.15) is 42.5 Å². The van der Waals surface area contributed by atoms with Gasteiger partial charge in [-0.3, -0.25) is 0 Å². The summed E-state index contributed by atoms with van der Waals surface area (Å²) in [6, 6.07) is 17.4. The Bertz CT molecular complexity index is 594. The van der Waals surface area contributed by atoms with Gasteiger partial charge in [0, 0.05) is 12.1 Å². The van der Waals surface area contributed by atoms with Crippen molar-refractivity contribution in [3.05, 3.63) is 65.2 Å². The molecule has 0 fully saturated rings. The van der Waals surface area contributed by atoms with Crippen molar-refractivity contribution in [2.75, 3.05) is 0 Å². The second-order valence-electron chi connectivity index (χ2n) is 6.07. The average Bonchev–Trinajstić information content (AvgIpc) is 2.88. The maximum atomic E-state index is 9.55. The minimum atomic E-state index is 0.381. The van der Waals surface area contributed by atoms with Crippen molar-refractivity contribution >= 4 is 0 Å². The molecule has 2 N–H and O–H groups in total. The largest absolute Gasteiger partial charge is 0.508 e. The van der Waals surface area contributed by atoms with Crippen LogP contribution in [0.3, 0.4) is 0 Å². The van der Waals surface area contributed by atoms with Crippen molar-refractivity contribution in [2.24, 2.45) is 0 Å². The summed E-state index contributed by atoms with van der Waals surface area (Å²) in [7, 11) is 0. The van der Waals surface area contributed by atoms with Gasteiger partial charge in [-0.25, -0.2) is 0 Å². The Morgan fingerprint density at radius 3 is 2.81 bits per heavy atom. The van der Waals surface area contributed by atoms with Crippen molar-refractivity contribution in [3.63, 3.8) is 0 Å². The van der Waals surface area contributed by atoms with Crippen LogP contribution in [0, 0.1) is 0 Å². The summed E-state index contributed by atoms with van der Waals surface area (Å²) in [4.78, 5) is 0. The number of phenols is 1. The minimum Gasteiger partial charge on any atom is -0.508 e. The van der Waals surface area contributed by atoms with Gasteiger partial charge in [-0.15, -0.1) is 0 Å². The van der Waals surface area contributed by atoms with Crippen molar-refractivity contribution in [2.45, 2.75) is 44.7 Å². The van der Waals surface area contributed by atoms with Crippen molar-refractivity contribution < 1.29 is 5.11 Å². The quantitative estimate of drug-likeness (QED) is 0.868. The van der Waals surface area contributed by atoms with Crippen molar-refractivity contribution in [1.82, 2.24) is 5.32 Å². The molecule has 0 amide bonds. The molecule has 0 aliphatic heterocycles. The van der Waals surface area contributed by atoms with Crippen LogP contribution in [-0.4, -0.2) is 11.1 Å².